The summed E-state index contributed by atoms with van der Waals surface area (Å²) in [6.45, 7) is 1.41. The fourth-order valence-corrected chi connectivity index (χ4v) is 2.82. The van der Waals surface area contributed by atoms with Gasteiger partial charge < -0.3 is 24.6 Å². The van der Waals surface area contributed by atoms with E-state index in [-0.39, 0.29) is 23.3 Å². The molecule has 1 heterocycles. The monoisotopic (exact) mass is 371 g/mol. The third-order valence-corrected chi connectivity index (χ3v) is 4.28. The van der Waals surface area contributed by atoms with Gasteiger partial charge in [0, 0.05) is 30.2 Å². The number of carboxylic acids is 1. The molecule has 0 atom stereocenters. The summed E-state index contributed by atoms with van der Waals surface area (Å²) < 4.78 is 16.3. The number of methoxy groups -OCH3 is 1. The number of anilines is 1. The van der Waals surface area contributed by atoms with Crippen molar-refractivity contribution in [2.75, 3.05) is 25.6 Å². The molecule has 0 spiro atoms. The first-order valence-corrected chi connectivity index (χ1v) is 8.64. The number of rotatable bonds is 6. The molecule has 2 aromatic rings. The lowest BCUT2D eigenvalue weighted by Gasteiger charge is -2.23. The zero-order chi connectivity index (χ0) is 19.2. The first-order valence-electron chi connectivity index (χ1n) is 8.64. The Morgan fingerprint density at radius 1 is 1.11 bits per heavy atom. The van der Waals surface area contributed by atoms with Gasteiger partial charge in [-0.2, -0.15) is 0 Å². The van der Waals surface area contributed by atoms with Crippen LogP contribution >= 0.6 is 0 Å². The van der Waals surface area contributed by atoms with Crippen LogP contribution in [-0.4, -0.2) is 43.4 Å². The van der Waals surface area contributed by atoms with Crippen molar-refractivity contribution in [1.82, 2.24) is 0 Å². The highest BCUT2D eigenvalue weighted by Crippen LogP contribution is 2.24. The third kappa shape index (κ3) is 4.77. The fraction of sp³-hybridized carbons (Fsp3) is 0.300. The molecular formula is C20H21NO6. The second-order valence-corrected chi connectivity index (χ2v) is 6.13. The summed E-state index contributed by atoms with van der Waals surface area (Å²) >= 11 is 0. The zero-order valence-electron chi connectivity index (χ0n) is 14.9. The summed E-state index contributed by atoms with van der Waals surface area (Å²) in [5, 5.41) is 11.8. The first kappa shape index (κ1) is 18.7. The van der Waals surface area contributed by atoms with Crippen LogP contribution in [0.25, 0.3) is 0 Å². The number of nitrogens with one attached hydrogen (secondary N) is 1. The van der Waals surface area contributed by atoms with Crippen molar-refractivity contribution in [3.63, 3.8) is 0 Å². The van der Waals surface area contributed by atoms with Gasteiger partial charge in [0.05, 0.1) is 20.3 Å². The van der Waals surface area contributed by atoms with Gasteiger partial charge in [-0.05, 0) is 36.4 Å². The van der Waals surface area contributed by atoms with E-state index in [1.165, 1.54) is 25.3 Å². The maximum Gasteiger partial charge on any atom is 0.339 e. The molecule has 7 heteroatoms. The van der Waals surface area contributed by atoms with Gasteiger partial charge in [-0.25, -0.2) is 4.79 Å². The Morgan fingerprint density at radius 3 is 2.44 bits per heavy atom. The Hall–Kier alpha value is -3.06. The second-order valence-electron chi connectivity index (χ2n) is 6.13. The van der Waals surface area contributed by atoms with Gasteiger partial charge in [-0.3, -0.25) is 4.79 Å². The molecule has 27 heavy (non-hydrogen) atoms. The van der Waals surface area contributed by atoms with Crippen molar-refractivity contribution in [1.29, 1.82) is 0 Å². The van der Waals surface area contributed by atoms with E-state index in [4.69, 9.17) is 19.3 Å². The van der Waals surface area contributed by atoms with E-state index < -0.39 is 5.97 Å². The van der Waals surface area contributed by atoms with E-state index in [0.29, 0.717) is 30.2 Å². The van der Waals surface area contributed by atoms with Gasteiger partial charge >= 0.3 is 5.97 Å². The summed E-state index contributed by atoms with van der Waals surface area (Å²) in [5.41, 5.74) is 0.949. The topological polar surface area (TPSA) is 94.1 Å². The van der Waals surface area contributed by atoms with Crippen LogP contribution < -0.4 is 14.8 Å². The zero-order valence-corrected chi connectivity index (χ0v) is 14.9. The van der Waals surface area contributed by atoms with E-state index in [1.54, 1.807) is 24.3 Å². The van der Waals surface area contributed by atoms with Crippen LogP contribution in [0.4, 0.5) is 5.69 Å². The van der Waals surface area contributed by atoms with Crippen molar-refractivity contribution in [3.05, 3.63) is 53.6 Å². The molecule has 1 aliphatic rings. The maximum absolute atomic E-state index is 12.4. The minimum atomic E-state index is -1.09. The number of carbonyl (C=O) groups excluding carboxylic acids is 1. The molecule has 2 N–H and O–H groups in total. The molecule has 0 unspecified atom stereocenters. The van der Waals surface area contributed by atoms with E-state index >= 15 is 0 Å². The number of carbonyl (C=O) groups is 2. The lowest BCUT2D eigenvalue weighted by molar-refractivity contribution is 0.0255. The molecule has 1 amide bonds. The van der Waals surface area contributed by atoms with Gasteiger partial charge in [0.15, 0.2) is 0 Å². The van der Waals surface area contributed by atoms with Crippen LogP contribution in [0.1, 0.15) is 33.6 Å². The maximum atomic E-state index is 12.4. The van der Waals surface area contributed by atoms with Crippen molar-refractivity contribution in [3.8, 4) is 11.5 Å². The number of carboxylic acid groups (broad SMARTS) is 1. The molecule has 142 valence electrons. The average molecular weight is 371 g/mol. The van der Waals surface area contributed by atoms with Gasteiger partial charge in [-0.15, -0.1) is 0 Å². The number of hydrogen-bond acceptors (Lipinski definition) is 5. The van der Waals surface area contributed by atoms with Crippen LogP contribution in [0.3, 0.4) is 0 Å². The number of hydrogen-bond donors (Lipinski definition) is 2. The van der Waals surface area contributed by atoms with Gasteiger partial charge in [-0.1, -0.05) is 0 Å². The minimum absolute atomic E-state index is 0.0325. The third-order valence-electron chi connectivity index (χ3n) is 4.28. The summed E-state index contributed by atoms with van der Waals surface area (Å²) in [6, 6.07) is 11.3. The molecule has 3 rings (SSSR count). The predicted octanol–water partition coefficient (Wildman–Crippen LogP) is 3.20. The molecule has 0 aromatic heterocycles. The standard InChI is InChI=1S/C20H21NO6/c1-25-18-12-14(4-7-17(18)20(23)24)21-19(22)13-2-5-15(6-3-13)27-16-8-10-26-11-9-16/h2-7,12,16H,8-11H2,1H3,(H,21,22)(H,23,24). The van der Waals surface area contributed by atoms with Crippen LogP contribution in [-0.2, 0) is 4.74 Å². The Morgan fingerprint density at radius 2 is 1.81 bits per heavy atom. The molecule has 0 radical (unpaired) electrons. The van der Waals surface area contributed by atoms with E-state index in [0.717, 1.165) is 12.8 Å². The molecule has 1 saturated heterocycles. The molecule has 0 aliphatic carbocycles. The van der Waals surface area contributed by atoms with Gasteiger partial charge in [0.1, 0.15) is 23.2 Å². The summed E-state index contributed by atoms with van der Waals surface area (Å²) in [6.07, 6.45) is 1.85. The van der Waals surface area contributed by atoms with Crippen LogP contribution in [0.5, 0.6) is 11.5 Å². The molecule has 0 bridgehead atoms. The van der Waals surface area contributed by atoms with E-state index in [2.05, 4.69) is 5.32 Å². The smallest absolute Gasteiger partial charge is 0.339 e. The summed E-state index contributed by atoms with van der Waals surface area (Å²) in [5.74, 6) is -0.506. The average Bonchev–Trinajstić information content (AvgIpc) is 2.69. The highest BCUT2D eigenvalue weighted by molar-refractivity contribution is 6.04. The predicted molar refractivity (Wildman–Crippen MR) is 98.8 cm³/mol. The molecular weight excluding hydrogens is 350 g/mol. The molecule has 1 aliphatic heterocycles. The Kier molecular flexibility index (Phi) is 5.93. The largest absolute Gasteiger partial charge is 0.496 e. The Labute approximate surface area is 156 Å². The summed E-state index contributed by atoms with van der Waals surface area (Å²) in [7, 11) is 1.38. The second kappa shape index (κ2) is 8.55. The van der Waals surface area contributed by atoms with E-state index in [1.807, 2.05) is 0 Å². The fourth-order valence-electron chi connectivity index (χ4n) is 2.82. The van der Waals surface area contributed by atoms with E-state index in [9.17, 15) is 9.59 Å². The Balaban J connectivity index is 1.64. The molecule has 1 fully saturated rings. The normalized spacial score (nSPS) is 14.4. The molecule has 7 nitrogen and oxygen atoms in total. The number of amides is 1. The number of aromatic carboxylic acids is 1. The molecule has 2 aromatic carbocycles. The lowest BCUT2D eigenvalue weighted by Crippen LogP contribution is -2.25. The van der Waals surface area contributed by atoms with Crippen molar-refractivity contribution < 1.29 is 28.9 Å². The van der Waals surface area contributed by atoms with Crippen LogP contribution in [0.15, 0.2) is 42.5 Å². The Bertz CT molecular complexity index is 812. The number of benzene rings is 2. The number of ether oxygens (including phenoxy) is 3. The van der Waals surface area contributed by atoms with Crippen molar-refractivity contribution in [2.24, 2.45) is 0 Å². The SMILES string of the molecule is COc1cc(NC(=O)c2ccc(OC3CCOCC3)cc2)ccc1C(=O)O. The summed E-state index contributed by atoms with van der Waals surface area (Å²) in [4.78, 5) is 23.5. The van der Waals surface area contributed by atoms with Crippen LogP contribution in [0, 0.1) is 0 Å². The lowest BCUT2D eigenvalue weighted by atomic mass is 10.1. The molecule has 0 saturated carbocycles. The van der Waals surface area contributed by atoms with Gasteiger partial charge in [0.2, 0.25) is 0 Å². The highest BCUT2D eigenvalue weighted by atomic mass is 16.5. The minimum Gasteiger partial charge on any atom is -0.496 e. The highest BCUT2D eigenvalue weighted by Gasteiger charge is 2.16. The quantitative estimate of drug-likeness (QED) is 0.810. The van der Waals surface area contributed by atoms with Crippen molar-refractivity contribution in [2.45, 2.75) is 18.9 Å². The van der Waals surface area contributed by atoms with Gasteiger partial charge in [0.25, 0.3) is 5.91 Å². The van der Waals surface area contributed by atoms with Crippen LogP contribution in [0.2, 0.25) is 0 Å². The first-order chi connectivity index (χ1) is 13.1. The van der Waals surface area contributed by atoms with Crippen molar-refractivity contribution >= 4 is 17.6 Å².